The zero-order valence-corrected chi connectivity index (χ0v) is 6.39. The van der Waals surface area contributed by atoms with E-state index in [-0.39, 0.29) is 11.9 Å². The fraction of sp³-hybridized carbons (Fsp3) is 0.625. The van der Waals surface area contributed by atoms with E-state index in [1.165, 1.54) is 0 Å². The number of carbonyl (C=O) groups excluding carboxylic acids is 1. The maximum atomic E-state index is 11.0. The zero-order valence-electron chi connectivity index (χ0n) is 6.39. The molecule has 0 aromatic carbocycles. The molecule has 0 aliphatic carbocycles. The Kier molecular flexibility index (Phi) is 2.10. The van der Waals surface area contributed by atoms with E-state index >= 15 is 0 Å². The highest BCUT2D eigenvalue weighted by Gasteiger charge is 2.18. The Morgan fingerprint density at radius 1 is 1.80 bits per heavy atom. The maximum Gasteiger partial charge on any atom is 0.165 e. The Morgan fingerprint density at radius 2 is 2.50 bits per heavy atom. The quantitative estimate of drug-likeness (QED) is 0.553. The van der Waals surface area contributed by atoms with Gasteiger partial charge in [-0.1, -0.05) is 6.92 Å². The smallest absolute Gasteiger partial charge is 0.165 e. The van der Waals surface area contributed by atoms with E-state index in [1.807, 2.05) is 6.92 Å². The van der Waals surface area contributed by atoms with Gasteiger partial charge in [-0.25, -0.2) is 0 Å². The molecule has 0 saturated carbocycles. The summed E-state index contributed by atoms with van der Waals surface area (Å²) in [6, 6.07) is 0. The molecule has 10 heavy (non-hydrogen) atoms. The number of allylic oxidation sites excluding steroid dienone is 1. The largest absolute Gasteiger partial charge is 0.497 e. The SMILES string of the molecule is CC[C@@H]1CC(=O)C(C)=CO1. The first-order valence-electron chi connectivity index (χ1n) is 3.59. The molecule has 0 N–H and O–H groups in total. The molecule has 1 atom stereocenters. The summed E-state index contributed by atoms with van der Waals surface area (Å²) in [5, 5.41) is 0. The molecule has 0 amide bonds. The van der Waals surface area contributed by atoms with Crippen molar-refractivity contribution in [2.75, 3.05) is 0 Å². The van der Waals surface area contributed by atoms with Gasteiger partial charge in [0.05, 0.1) is 6.26 Å². The van der Waals surface area contributed by atoms with Gasteiger partial charge >= 0.3 is 0 Å². The molecule has 0 saturated heterocycles. The van der Waals surface area contributed by atoms with Gasteiger partial charge in [0, 0.05) is 12.0 Å². The van der Waals surface area contributed by atoms with Crippen LogP contribution in [-0.4, -0.2) is 11.9 Å². The second-order valence-corrected chi connectivity index (χ2v) is 2.59. The lowest BCUT2D eigenvalue weighted by Crippen LogP contribution is -2.20. The first kappa shape index (κ1) is 7.32. The van der Waals surface area contributed by atoms with Crippen molar-refractivity contribution in [3.63, 3.8) is 0 Å². The molecule has 0 spiro atoms. The highest BCUT2D eigenvalue weighted by Crippen LogP contribution is 2.15. The second-order valence-electron chi connectivity index (χ2n) is 2.59. The van der Waals surface area contributed by atoms with E-state index in [9.17, 15) is 4.79 Å². The summed E-state index contributed by atoms with van der Waals surface area (Å²) in [7, 11) is 0. The molecule has 1 rings (SSSR count). The topological polar surface area (TPSA) is 26.3 Å². The number of hydrogen-bond donors (Lipinski definition) is 0. The number of ketones is 1. The molecule has 0 fully saturated rings. The lowest BCUT2D eigenvalue weighted by atomic mass is 10.0. The van der Waals surface area contributed by atoms with Gasteiger partial charge in [-0.3, -0.25) is 4.79 Å². The van der Waals surface area contributed by atoms with Crippen molar-refractivity contribution in [1.29, 1.82) is 0 Å². The number of hydrogen-bond acceptors (Lipinski definition) is 2. The van der Waals surface area contributed by atoms with Gasteiger partial charge in [-0.05, 0) is 13.3 Å². The summed E-state index contributed by atoms with van der Waals surface area (Å²) < 4.78 is 5.23. The van der Waals surface area contributed by atoms with Crippen LogP contribution in [0.4, 0.5) is 0 Å². The van der Waals surface area contributed by atoms with E-state index in [4.69, 9.17) is 4.74 Å². The third kappa shape index (κ3) is 1.38. The Labute approximate surface area is 60.9 Å². The lowest BCUT2D eigenvalue weighted by Gasteiger charge is -2.18. The molecule has 0 aromatic heterocycles. The molecule has 0 bridgehead atoms. The minimum Gasteiger partial charge on any atom is -0.497 e. The van der Waals surface area contributed by atoms with E-state index in [1.54, 1.807) is 13.2 Å². The Bertz CT molecular complexity index is 170. The molecule has 56 valence electrons. The summed E-state index contributed by atoms with van der Waals surface area (Å²) in [5.41, 5.74) is 0.740. The number of ether oxygens (including phenoxy) is 1. The van der Waals surface area contributed by atoms with Crippen LogP contribution >= 0.6 is 0 Å². The molecular weight excluding hydrogens is 128 g/mol. The standard InChI is InChI=1S/C8H12O2/c1-3-7-4-8(9)6(2)5-10-7/h5,7H,3-4H2,1-2H3/t7-/m1/s1. The van der Waals surface area contributed by atoms with Crippen LogP contribution in [0, 0.1) is 0 Å². The van der Waals surface area contributed by atoms with Crippen LogP contribution in [0.25, 0.3) is 0 Å². The van der Waals surface area contributed by atoms with E-state index < -0.39 is 0 Å². The van der Waals surface area contributed by atoms with Gasteiger partial charge < -0.3 is 4.74 Å². The number of carbonyl (C=O) groups is 1. The van der Waals surface area contributed by atoms with Gasteiger partial charge in [0.25, 0.3) is 0 Å². The van der Waals surface area contributed by atoms with Gasteiger partial charge in [-0.15, -0.1) is 0 Å². The Hall–Kier alpha value is -0.790. The Balaban J connectivity index is 2.59. The summed E-state index contributed by atoms with van der Waals surface area (Å²) in [4.78, 5) is 11.0. The third-order valence-electron chi connectivity index (χ3n) is 1.75. The van der Waals surface area contributed by atoms with Crippen molar-refractivity contribution < 1.29 is 9.53 Å². The molecule has 0 unspecified atom stereocenters. The Morgan fingerprint density at radius 3 is 3.00 bits per heavy atom. The van der Waals surface area contributed by atoms with Crippen LogP contribution in [-0.2, 0) is 9.53 Å². The van der Waals surface area contributed by atoms with Crippen LogP contribution in [0.15, 0.2) is 11.8 Å². The average molecular weight is 140 g/mol. The predicted octanol–water partition coefficient (Wildman–Crippen LogP) is 1.66. The summed E-state index contributed by atoms with van der Waals surface area (Å²) >= 11 is 0. The van der Waals surface area contributed by atoms with Gasteiger partial charge in [0.15, 0.2) is 5.78 Å². The fourth-order valence-corrected chi connectivity index (χ4v) is 0.920. The second kappa shape index (κ2) is 2.86. The molecular formula is C8H12O2. The van der Waals surface area contributed by atoms with Crippen molar-refractivity contribution in [3.05, 3.63) is 11.8 Å². The van der Waals surface area contributed by atoms with E-state index in [0.29, 0.717) is 6.42 Å². The summed E-state index contributed by atoms with van der Waals surface area (Å²) in [6.45, 7) is 3.81. The molecule has 1 aliphatic heterocycles. The van der Waals surface area contributed by atoms with Crippen LogP contribution in [0.2, 0.25) is 0 Å². The highest BCUT2D eigenvalue weighted by atomic mass is 16.5. The van der Waals surface area contributed by atoms with E-state index in [2.05, 4.69) is 0 Å². The lowest BCUT2D eigenvalue weighted by molar-refractivity contribution is -0.119. The number of Topliss-reactive ketones (excluding diaryl/α,β-unsaturated/α-hetero) is 1. The van der Waals surface area contributed by atoms with Crippen molar-refractivity contribution in [2.24, 2.45) is 0 Å². The van der Waals surface area contributed by atoms with E-state index in [0.717, 1.165) is 12.0 Å². The molecule has 0 radical (unpaired) electrons. The minimum absolute atomic E-state index is 0.121. The van der Waals surface area contributed by atoms with Crippen LogP contribution in [0.5, 0.6) is 0 Å². The normalized spacial score (nSPS) is 25.6. The average Bonchev–Trinajstić information content (AvgIpc) is 1.95. The number of rotatable bonds is 1. The molecule has 0 aromatic rings. The first-order valence-corrected chi connectivity index (χ1v) is 3.59. The van der Waals surface area contributed by atoms with Crippen molar-refractivity contribution in [3.8, 4) is 0 Å². The maximum absolute atomic E-state index is 11.0. The van der Waals surface area contributed by atoms with Crippen LogP contribution < -0.4 is 0 Å². The van der Waals surface area contributed by atoms with Gasteiger partial charge in [-0.2, -0.15) is 0 Å². The fourth-order valence-electron chi connectivity index (χ4n) is 0.920. The van der Waals surface area contributed by atoms with Crippen LogP contribution in [0.1, 0.15) is 26.7 Å². The van der Waals surface area contributed by atoms with Crippen molar-refractivity contribution >= 4 is 5.78 Å². The van der Waals surface area contributed by atoms with Gasteiger partial charge in [0.2, 0.25) is 0 Å². The molecule has 1 aliphatic rings. The molecule has 2 nitrogen and oxygen atoms in total. The minimum atomic E-state index is 0.121. The van der Waals surface area contributed by atoms with Gasteiger partial charge in [0.1, 0.15) is 6.10 Å². The van der Waals surface area contributed by atoms with Crippen molar-refractivity contribution in [1.82, 2.24) is 0 Å². The first-order chi connectivity index (χ1) is 4.74. The highest BCUT2D eigenvalue weighted by molar-refractivity contribution is 5.95. The predicted molar refractivity (Wildman–Crippen MR) is 38.5 cm³/mol. The third-order valence-corrected chi connectivity index (χ3v) is 1.75. The van der Waals surface area contributed by atoms with Crippen molar-refractivity contribution in [2.45, 2.75) is 32.8 Å². The summed E-state index contributed by atoms with van der Waals surface area (Å²) in [5.74, 6) is 0.220. The van der Waals surface area contributed by atoms with Crippen LogP contribution in [0.3, 0.4) is 0 Å². The molecule has 2 heteroatoms. The summed E-state index contributed by atoms with van der Waals surface area (Å²) in [6.07, 6.45) is 3.16. The monoisotopic (exact) mass is 140 g/mol. The zero-order chi connectivity index (χ0) is 7.56. The molecule has 1 heterocycles.